The Morgan fingerprint density at radius 2 is 1.55 bits per heavy atom. The van der Waals surface area contributed by atoms with Crippen molar-refractivity contribution < 1.29 is 42.9 Å². The molecule has 6 atom stereocenters. The average Bonchev–Trinajstić information content (AvgIpc) is 3.72. The molecule has 55 heavy (non-hydrogen) atoms. The van der Waals surface area contributed by atoms with Gasteiger partial charge in [-0.2, -0.15) is 10.4 Å². The first-order chi connectivity index (χ1) is 26.6. The highest BCUT2D eigenvalue weighted by molar-refractivity contribution is 7.47. The first-order valence-corrected chi connectivity index (χ1v) is 21.6. The zero-order valence-electron chi connectivity index (χ0n) is 32.6. The number of nitrogens with zero attached hydrogens (tertiary/aromatic N) is 4. The van der Waals surface area contributed by atoms with Crippen molar-refractivity contribution in [3.05, 3.63) is 54.0 Å². The Balaban J connectivity index is 1.17. The second kappa shape index (κ2) is 23.2. The van der Waals surface area contributed by atoms with E-state index in [2.05, 4.69) is 23.1 Å². The number of benzene rings is 1. The fourth-order valence-corrected chi connectivity index (χ4v) is 7.73. The van der Waals surface area contributed by atoms with Crippen LogP contribution in [0.4, 0.5) is 5.82 Å². The minimum absolute atomic E-state index is 0.0485. The number of aliphatic hydroxyl groups excluding tert-OH is 2. The number of unbranched alkanes of at least 4 members (excludes halogenated alkanes) is 15. The fraction of sp³-hybridized carbons (Fsp3) is 0.675. The Morgan fingerprint density at radius 3 is 2.18 bits per heavy atom. The summed E-state index contributed by atoms with van der Waals surface area (Å²) in [5, 5.41) is 35.6. The van der Waals surface area contributed by atoms with Gasteiger partial charge in [-0.25, -0.2) is 14.1 Å². The summed E-state index contributed by atoms with van der Waals surface area (Å²) in [7, 11) is -4.71. The van der Waals surface area contributed by atoms with Gasteiger partial charge in [0, 0.05) is 6.61 Å². The molecule has 2 aromatic heterocycles. The molecule has 1 saturated heterocycles. The highest BCUT2D eigenvalue weighted by atomic mass is 31.2. The molecular formula is C40H62N5O9P. The number of hydrogen-bond donors (Lipinski definition) is 4. The van der Waals surface area contributed by atoms with E-state index in [1.165, 1.54) is 94.3 Å². The number of hydrogen-bond acceptors (Lipinski definition) is 12. The number of aromatic nitrogens is 3. The summed E-state index contributed by atoms with van der Waals surface area (Å²) in [6.45, 7) is 3.40. The minimum Gasteiger partial charge on any atom is -0.484 e. The third-order valence-corrected chi connectivity index (χ3v) is 11.2. The first-order valence-electron chi connectivity index (χ1n) is 20.1. The number of phosphoric ester groups is 1. The minimum atomic E-state index is -4.71. The second-order valence-corrected chi connectivity index (χ2v) is 16.1. The molecule has 0 bridgehead atoms. The fourth-order valence-electron chi connectivity index (χ4n) is 6.96. The number of phosphoric acid groups is 1. The normalized spacial score (nSPS) is 21.4. The maximum atomic E-state index is 13.0. The van der Waals surface area contributed by atoms with E-state index < -0.39 is 51.1 Å². The van der Waals surface area contributed by atoms with Crippen LogP contribution in [0.3, 0.4) is 0 Å². The van der Waals surface area contributed by atoms with Crippen LogP contribution in [-0.2, 0) is 28.7 Å². The molecule has 3 heterocycles. The van der Waals surface area contributed by atoms with Crippen molar-refractivity contribution in [2.45, 2.75) is 147 Å². The lowest BCUT2D eigenvalue weighted by Crippen LogP contribution is -2.39. The molecular weight excluding hydrogens is 725 g/mol. The van der Waals surface area contributed by atoms with Gasteiger partial charge in [0.15, 0.2) is 5.82 Å². The number of nitriles is 1. The van der Waals surface area contributed by atoms with E-state index in [0.717, 1.165) is 19.3 Å². The van der Waals surface area contributed by atoms with Gasteiger partial charge in [0.25, 0.3) is 0 Å². The lowest BCUT2D eigenvalue weighted by molar-refractivity contribution is -0.0892. The summed E-state index contributed by atoms with van der Waals surface area (Å²) in [5.41, 5.74) is 5.66. The Bertz CT molecular complexity index is 1650. The van der Waals surface area contributed by atoms with Gasteiger partial charge < -0.3 is 35.1 Å². The number of aliphatic hydroxyl groups is 2. The topological polar surface area (TPSA) is 204 Å². The van der Waals surface area contributed by atoms with Gasteiger partial charge in [-0.05, 0) is 37.6 Å². The number of rotatable bonds is 28. The summed E-state index contributed by atoms with van der Waals surface area (Å²) < 4.78 is 42.9. The molecule has 4 rings (SSSR count). The van der Waals surface area contributed by atoms with Crippen molar-refractivity contribution in [3.8, 4) is 11.8 Å². The summed E-state index contributed by atoms with van der Waals surface area (Å²) in [5.74, 6) is 0.513. The molecule has 1 aliphatic rings. The van der Waals surface area contributed by atoms with Crippen LogP contribution < -0.4 is 10.5 Å². The Kier molecular flexibility index (Phi) is 18.8. The standard InChI is InChI=1S/C40H62N5O9P/c1-3-4-5-6-7-8-9-10-11-12-13-14-15-16-17-20-25-50-27-32(53-34-22-19-18-21-31(34)26-41)28-51-55(48,49)52-29-35-37(46)38(47)40(2,54-35)36-24-23-33-39(42)43-30-44-45(33)36/h18-19,21-24,30,32,35,37-38,46-47H,3-17,20,25,27-29H2,1-2H3,(H,48,49)(H2,42,43,44)/t32-,35?,37-,38-,40+/m1/s1. The summed E-state index contributed by atoms with van der Waals surface area (Å²) >= 11 is 0. The summed E-state index contributed by atoms with van der Waals surface area (Å²) in [4.78, 5) is 14.5. The molecule has 15 heteroatoms. The number of fused-ring (bicyclic) bond motifs is 1. The molecule has 1 aliphatic heterocycles. The van der Waals surface area contributed by atoms with Crippen LogP contribution in [0.25, 0.3) is 5.52 Å². The molecule has 306 valence electrons. The van der Waals surface area contributed by atoms with Crippen LogP contribution in [0.1, 0.15) is 128 Å². The highest BCUT2D eigenvalue weighted by Gasteiger charge is 2.54. The lowest BCUT2D eigenvalue weighted by atomic mass is 9.93. The van der Waals surface area contributed by atoms with Crippen LogP contribution >= 0.6 is 7.82 Å². The van der Waals surface area contributed by atoms with Crippen molar-refractivity contribution in [2.75, 3.05) is 32.2 Å². The van der Waals surface area contributed by atoms with Crippen LogP contribution in [0.5, 0.6) is 5.75 Å². The van der Waals surface area contributed by atoms with Crippen molar-refractivity contribution in [3.63, 3.8) is 0 Å². The molecule has 5 N–H and O–H groups in total. The molecule has 1 aromatic carbocycles. The van der Waals surface area contributed by atoms with E-state index in [1.807, 2.05) is 0 Å². The van der Waals surface area contributed by atoms with E-state index in [9.17, 15) is 24.9 Å². The Morgan fingerprint density at radius 1 is 0.927 bits per heavy atom. The maximum Gasteiger partial charge on any atom is 0.472 e. The molecule has 3 aromatic rings. The number of anilines is 1. The Hall–Kier alpha value is -3.12. The van der Waals surface area contributed by atoms with Gasteiger partial charge in [-0.15, -0.1) is 0 Å². The summed E-state index contributed by atoms with van der Waals surface area (Å²) in [6.07, 6.45) is 16.8. The largest absolute Gasteiger partial charge is 0.484 e. The van der Waals surface area contributed by atoms with E-state index in [-0.39, 0.29) is 12.4 Å². The van der Waals surface area contributed by atoms with Crippen LogP contribution in [0, 0.1) is 11.3 Å². The molecule has 0 aliphatic carbocycles. The third kappa shape index (κ3) is 13.8. The maximum absolute atomic E-state index is 13.0. The van der Waals surface area contributed by atoms with E-state index in [1.54, 1.807) is 43.3 Å². The van der Waals surface area contributed by atoms with Gasteiger partial charge in [-0.3, -0.25) is 9.05 Å². The van der Waals surface area contributed by atoms with Gasteiger partial charge in [0.05, 0.1) is 31.1 Å². The Labute approximate surface area is 325 Å². The van der Waals surface area contributed by atoms with Gasteiger partial charge in [0.1, 0.15) is 53.7 Å². The van der Waals surface area contributed by atoms with Gasteiger partial charge in [0.2, 0.25) is 0 Å². The van der Waals surface area contributed by atoms with E-state index in [4.69, 9.17) is 29.0 Å². The molecule has 14 nitrogen and oxygen atoms in total. The van der Waals surface area contributed by atoms with Crippen molar-refractivity contribution in [1.82, 2.24) is 14.6 Å². The zero-order chi connectivity index (χ0) is 39.5. The quantitative estimate of drug-likeness (QED) is 0.0420. The number of ether oxygens (including phenoxy) is 3. The molecule has 0 amide bonds. The smallest absolute Gasteiger partial charge is 0.472 e. The van der Waals surface area contributed by atoms with Crippen LogP contribution in [0.15, 0.2) is 42.7 Å². The molecule has 0 radical (unpaired) electrons. The molecule has 1 fully saturated rings. The van der Waals surface area contributed by atoms with Crippen LogP contribution in [0.2, 0.25) is 0 Å². The zero-order valence-corrected chi connectivity index (χ0v) is 33.5. The van der Waals surface area contributed by atoms with Crippen molar-refractivity contribution >= 4 is 19.2 Å². The number of nitrogen functional groups attached to an aromatic ring is 1. The highest BCUT2D eigenvalue weighted by Crippen LogP contribution is 2.46. The third-order valence-electron chi connectivity index (χ3n) is 10.2. The number of nitrogens with two attached hydrogens (primary N) is 1. The predicted molar refractivity (Wildman–Crippen MR) is 209 cm³/mol. The first kappa shape index (κ1) is 44.6. The van der Waals surface area contributed by atoms with Crippen molar-refractivity contribution in [2.24, 2.45) is 0 Å². The lowest BCUT2D eigenvalue weighted by Gasteiger charge is -2.27. The van der Waals surface area contributed by atoms with Gasteiger partial charge in [-0.1, -0.05) is 115 Å². The molecule has 2 unspecified atom stereocenters. The molecule has 0 spiro atoms. The van der Waals surface area contributed by atoms with E-state index in [0.29, 0.717) is 29.1 Å². The molecule has 0 saturated carbocycles. The van der Waals surface area contributed by atoms with Crippen molar-refractivity contribution in [1.29, 1.82) is 5.26 Å². The SMILES string of the molecule is CCCCCCCCCCCCCCCCCCOC[C@H](COP(=O)(O)OCC1O[C@@](C)(c2ccc3c(N)ncnn23)[C@H](O)[C@@H]1O)Oc1ccccc1C#N. The van der Waals surface area contributed by atoms with E-state index >= 15 is 0 Å². The summed E-state index contributed by atoms with van der Waals surface area (Å²) in [6, 6.07) is 12.1. The van der Waals surface area contributed by atoms with Gasteiger partial charge >= 0.3 is 7.82 Å². The number of para-hydroxylation sites is 1. The second-order valence-electron chi connectivity index (χ2n) is 14.6. The average molecular weight is 788 g/mol. The van der Waals surface area contributed by atoms with Crippen LogP contribution in [-0.4, -0.2) is 80.5 Å². The monoisotopic (exact) mass is 787 g/mol. The predicted octanol–water partition coefficient (Wildman–Crippen LogP) is 7.38.